The van der Waals surface area contributed by atoms with Crippen molar-refractivity contribution in [1.29, 1.82) is 0 Å². The Hall–Kier alpha value is -1.85. The van der Waals surface area contributed by atoms with Crippen molar-refractivity contribution in [3.8, 4) is 11.1 Å². The second-order valence-electron chi connectivity index (χ2n) is 5.11. The molecule has 0 aliphatic carbocycles. The number of morpholine rings is 1. The van der Waals surface area contributed by atoms with Crippen LogP contribution < -0.4 is 5.73 Å². The molecule has 0 atom stereocenters. The molecule has 0 spiro atoms. The quantitative estimate of drug-likeness (QED) is 0.920. The van der Waals surface area contributed by atoms with E-state index in [0.29, 0.717) is 5.82 Å². The van der Waals surface area contributed by atoms with Gasteiger partial charge in [0, 0.05) is 32.2 Å². The van der Waals surface area contributed by atoms with Crippen molar-refractivity contribution in [2.75, 3.05) is 32.0 Å². The first-order valence-corrected chi connectivity index (χ1v) is 6.91. The number of benzene rings is 1. The van der Waals surface area contributed by atoms with Crippen LogP contribution in [0.5, 0.6) is 0 Å². The summed E-state index contributed by atoms with van der Waals surface area (Å²) in [6.07, 6.45) is 1.84. The van der Waals surface area contributed by atoms with Gasteiger partial charge in [0.05, 0.1) is 19.4 Å². The van der Waals surface area contributed by atoms with Crippen molar-refractivity contribution in [2.24, 2.45) is 7.05 Å². The first-order chi connectivity index (χ1) is 9.75. The summed E-state index contributed by atoms with van der Waals surface area (Å²) in [7, 11) is 1.86. The molecule has 5 heteroatoms. The number of hydrogen-bond donors (Lipinski definition) is 1. The molecule has 20 heavy (non-hydrogen) atoms. The van der Waals surface area contributed by atoms with Gasteiger partial charge in [0.1, 0.15) is 5.82 Å². The molecule has 2 N–H and O–H groups in total. The molecule has 0 bridgehead atoms. The Morgan fingerprint density at radius 1 is 1.20 bits per heavy atom. The Morgan fingerprint density at radius 2 is 1.95 bits per heavy atom. The van der Waals surface area contributed by atoms with Crippen LogP contribution in [-0.2, 0) is 18.3 Å². The van der Waals surface area contributed by atoms with E-state index in [0.717, 1.165) is 38.4 Å². The highest BCUT2D eigenvalue weighted by molar-refractivity contribution is 5.76. The fraction of sp³-hybridized carbons (Fsp3) is 0.400. The Balaban J connectivity index is 1.90. The zero-order valence-electron chi connectivity index (χ0n) is 11.7. The molecule has 2 heterocycles. The summed E-state index contributed by atoms with van der Waals surface area (Å²) in [6.45, 7) is 4.52. The summed E-state index contributed by atoms with van der Waals surface area (Å²) < 4.78 is 7.11. The van der Waals surface area contributed by atoms with Crippen LogP contribution in [0.15, 0.2) is 30.5 Å². The lowest BCUT2D eigenvalue weighted by molar-refractivity contribution is 0.0342. The zero-order valence-corrected chi connectivity index (χ0v) is 11.7. The molecule has 1 aromatic carbocycles. The maximum absolute atomic E-state index is 6.10. The average molecular weight is 272 g/mol. The third-order valence-corrected chi connectivity index (χ3v) is 3.79. The lowest BCUT2D eigenvalue weighted by atomic mass is 10.0. The van der Waals surface area contributed by atoms with E-state index in [1.807, 2.05) is 19.3 Å². The Kier molecular flexibility index (Phi) is 3.71. The molecule has 1 aliphatic heterocycles. The summed E-state index contributed by atoms with van der Waals surface area (Å²) in [4.78, 5) is 2.41. The zero-order chi connectivity index (χ0) is 13.9. The monoisotopic (exact) mass is 272 g/mol. The van der Waals surface area contributed by atoms with Gasteiger partial charge in [-0.25, -0.2) is 0 Å². The molecule has 0 saturated carbocycles. The van der Waals surface area contributed by atoms with Crippen molar-refractivity contribution in [2.45, 2.75) is 6.54 Å². The van der Waals surface area contributed by atoms with Gasteiger partial charge in [-0.2, -0.15) is 5.10 Å². The molecule has 0 radical (unpaired) electrons. The number of nitrogen functional groups attached to an aromatic ring is 1. The van der Waals surface area contributed by atoms with Gasteiger partial charge in [-0.1, -0.05) is 24.3 Å². The SMILES string of the molecule is Cn1ncc(-c2ccccc2CN2CCOCC2)c1N. The van der Waals surface area contributed by atoms with E-state index in [-0.39, 0.29) is 0 Å². The summed E-state index contributed by atoms with van der Waals surface area (Å²) >= 11 is 0. The van der Waals surface area contributed by atoms with E-state index in [9.17, 15) is 0 Å². The van der Waals surface area contributed by atoms with Crippen molar-refractivity contribution in [3.05, 3.63) is 36.0 Å². The summed E-state index contributed by atoms with van der Waals surface area (Å²) in [5, 5.41) is 4.24. The minimum Gasteiger partial charge on any atom is -0.383 e. The van der Waals surface area contributed by atoms with Crippen LogP contribution in [-0.4, -0.2) is 41.0 Å². The third kappa shape index (κ3) is 2.55. The highest BCUT2D eigenvalue weighted by atomic mass is 16.5. The standard InChI is InChI=1S/C15H20N4O/c1-18-15(16)14(10-17-18)13-5-3-2-4-12(13)11-19-6-8-20-9-7-19/h2-5,10H,6-9,11,16H2,1H3. The molecule has 2 aromatic rings. The maximum Gasteiger partial charge on any atom is 0.129 e. The van der Waals surface area contributed by atoms with Crippen LogP contribution in [0.3, 0.4) is 0 Å². The predicted molar refractivity (Wildman–Crippen MR) is 79.2 cm³/mol. The smallest absolute Gasteiger partial charge is 0.129 e. The molecule has 1 saturated heterocycles. The molecular weight excluding hydrogens is 252 g/mol. The fourth-order valence-electron chi connectivity index (χ4n) is 2.58. The average Bonchev–Trinajstić information content (AvgIpc) is 2.81. The molecule has 5 nitrogen and oxygen atoms in total. The van der Waals surface area contributed by atoms with E-state index < -0.39 is 0 Å². The van der Waals surface area contributed by atoms with E-state index in [1.165, 1.54) is 11.1 Å². The van der Waals surface area contributed by atoms with Gasteiger partial charge < -0.3 is 10.5 Å². The number of ether oxygens (including phenoxy) is 1. The molecular formula is C15H20N4O. The van der Waals surface area contributed by atoms with Crippen molar-refractivity contribution < 1.29 is 4.74 Å². The first-order valence-electron chi connectivity index (χ1n) is 6.91. The van der Waals surface area contributed by atoms with Crippen LogP contribution >= 0.6 is 0 Å². The molecule has 1 fully saturated rings. The predicted octanol–water partition coefficient (Wildman–Crippen LogP) is 1.50. The van der Waals surface area contributed by atoms with Crippen LogP contribution in [0.1, 0.15) is 5.56 Å². The van der Waals surface area contributed by atoms with Crippen LogP contribution in [0.4, 0.5) is 5.82 Å². The number of hydrogen-bond acceptors (Lipinski definition) is 4. The second-order valence-corrected chi connectivity index (χ2v) is 5.11. The minimum absolute atomic E-state index is 0.708. The van der Waals surface area contributed by atoms with Crippen molar-refractivity contribution in [3.63, 3.8) is 0 Å². The normalized spacial score (nSPS) is 16.4. The number of rotatable bonds is 3. The van der Waals surface area contributed by atoms with Crippen molar-refractivity contribution >= 4 is 5.82 Å². The van der Waals surface area contributed by atoms with Gasteiger partial charge in [-0.05, 0) is 11.1 Å². The van der Waals surface area contributed by atoms with Crippen molar-refractivity contribution in [1.82, 2.24) is 14.7 Å². The Bertz CT molecular complexity index is 587. The lowest BCUT2D eigenvalue weighted by Crippen LogP contribution is -2.35. The first kappa shape index (κ1) is 13.1. The van der Waals surface area contributed by atoms with Gasteiger partial charge >= 0.3 is 0 Å². The topological polar surface area (TPSA) is 56.3 Å². The number of nitrogens with zero attached hydrogens (tertiary/aromatic N) is 3. The largest absolute Gasteiger partial charge is 0.383 e. The van der Waals surface area contributed by atoms with Gasteiger partial charge in [-0.15, -0.1) is 0 Å². The molecule has 0 amide bonds. The highest BCUT2D eigenvalue weighted by Crippen LogP contribution is 2.29. The summed E-state index contributed by atoms with van der Waals surface area (Å²) in [5.74, 6) is 0.708. The minimum atomic E-state index is 0.708. The van der Waals surface area contributed by atoms with E-state index in [2.05, 4.69) is 28.2 Å². The Morgan fingerprint density at radius 3 is 2.65 bits per heavy atom. The summed E-state index contributed by atoms with van der Waals surface area (Å²) in [5.41, 5.74) is 9.57. The third-order valence-electron chi connectivity index (χ3n) is 3.79. The van der Waals surface area contributed by atoms with Crippen LogP contribution in [0.2, 0.25) is 0 Å². The van der Waals surface area contributed by atoms with E-state index >= 15 is 0 Å². The molecule has 3 rings (SSSR count). The van der Waals surface area contributed by atoms with Gasteiger partial charge in [0.25, 0.3) is 0 Å². The molecule has 1 aliphatic rings. The molecule has 0 unspecified atom stereocenters. The summed E-state index contributed by atoms with van der Waals surface area (Å²) in [6, 6.07) is 8.40. The van der Waals surface area contributed by atoms with Crippen LogP contribution in [0, 0.1) is 0 Å². The number of aromatic nitrogens is 2. The number of nitrogens with two attached hydrogens (primary N) is 1. The van der Waals surface area contributed by atoms with E-state index in [1.54, 1.807) is 4.68 Å². The lowest BCUT2D eigenvalue weighted by Gasteiger charge is -2.27. The van der Waals surface area contributed by atoms with Crippen LogP contribution in [0.25, 0.3) is 11.1 Å². The van der Waals surface area contributed by atoms with Gasteiger partial charge in [0.2, 0.25) is 0 Å². The molecule has 106 valence electrons. The van der Waals surface area contributed by atoms with E-state index in [4.69, 9.17) is 10.5 Å². The van der Waals surface area contributed by atoms with Gasteiger partial charge in [-0.3, -0.25) is 9.58 Å². The maximum atomic E-state index is 6.10. The Labute approximate surface area is 118 Å². The molecule has 1 aromatic heterocycles. The van der Waals surface area contributed by atoms with Gasteiger partial charge in [0.15, 0.2) is 0 Å². The number of anilines is 1. The fourth-order valence-corrected chi connectivity index (χ4v) is 2.58. The second kappa shape index (κ2) is 5.64. The number of aryl methyl sites for hydroxylation is 1. The highest BCUT2D eigenvalue weighted by Gasteiger charge is 2.15.